The Morgan fingerprint density at radius 2 is 2.00 bits per heavy atom. The number of nitrogens with two attached hydrogens (primary N) is 1. The highest BCUT2D eigenvalue weighted by atomic mass is 32.1. The molecule has 0 atom stereocenters. The van der Waals surface area contributed by atoms with Crippen molar-refractivity contribution in [2.24, 2.45) is 0 Å². The molecule has 5 nitrogen and oxygen atoms in total. The Morgan fingerprint density at radius 3 is 2.60 bits per heavy atom. The number of carbonyl (C=O) groups excluding carboxylic acids is 1. The van der Waals surface area contributed by atoms with Crippen molar-refractivity contribution in [2.45, 2.75) is 64.4 Å². The Hall–Kier alpha value is -1.30. The number of carbonyl (C=O) groups is 1. The summed E-state index contributed by atoms with van der Waals surface area (Å²) in [7, 11) is 0. The molecule has 2 rings (SSSR count). The van der Waals surface area contributed by atoms with Crippen LogP contribution in [-0.2, 0) is 4.74 Å². The van der Waals surface area contributed by atoms with E-state index in [1.165, 1.54) is 30.6 Å². The van der Waals surface area contributed by atoms with Crippen molar-refractivity contribution in [2.75, 3.05) is 11.1 Å². The van der Waals surface area contributed by atoms with E-state index in [4.69, 9.17) is 10.5 Å². The van der Waals surface area contributed by atoms with Crippen LogP contribution in [0.5, 0.6) is 0 Å². The lowest BCUT2D eigenvalue weighted by molar-refractivity contribution is 0.0636. The Bertz CT molecular complexity index is 473. The lowest BCUT2D eigenvalue weighted by Gasteiger charge is -2.20. The second-order valence-corrected chi connectivity index (χ2v) is 7.26. The number of amides is 1. The van der Waals surface area contributed by atoms with Gasteiger partial charge in [-0.3, -0.25) is 5.32 Å². The number of thiazole rings is 1. The van der Waals surface area contributed by atoms with E-state index < -0.39 is 11.7 Å². The molecule has 112 valence electrons. The van der Waals surface area contributed by atoms with E-state index in [0.717, 1.165) is 18.5 Å². The van der Waals surface area contributed by atoms with E-state index in [1.807, 2.05) is 20.8 Å². The molecule has 6 heteroatoms. The molecule has 1 fully saturated rings. The monoisotopic (exact) mass is 297 g/mol. The van der Waals surface area contributed by atoms with Crippen LogP contribution in [0.15, 0.2) is 0 Å². The molecular formula is C14H23N3O2S. The lowest BCUT2D eigenvalue weighted by Crippen LogP contribution is -2.27. The van der Waals surface area contributed by atoms with Crippen LogP contribution in [-0.4, -0.2) is 16.7 Å². The van der Waals surface area contributed by atoms with Crippen LogP contribution in [0.3, 0.4) is 0 Å². The fourth-order valence-corrected chi connectivity index (χ4v) is 3.26. The summed E-state index contributed by atoms with van der Waals surface area (Å²) in [6, 6.07) is 0. The van der Waals surface area contributed by atoms with E-state index in [9.17, 15) is 4.79 Å². The number of nitrogen functional groups attached to an aromatic ring is 1. The number of rotatable bonds is 2. The van der Waals surface area contributed by atoms with Crippen LogP contribution in [0, 0.1) is 0 Å². The van der Waals surface area contributed by atoms with Gasteiger partial charge in [-0.25, -0.2) is 9.78 Å². The molecule has 0 aromatic carbocycles. The first-order chi connectivity index (χ1) is 9.35. The SMILES string of the molecule is CC(C)(C)OC(=O)Nc1nc(C2CCCCC2)c(N)s1. The predicted octanol–water partition coefficient (Wildman–Crippen LogP) is 4.12. The fourth-order valence-electron chi connectivity index (χ4n) is 2.46. The molecule has 0 bridgehead atoms. The second kappa shape index (κ2) is 5.99. The second-order valence-electron chi connectivity index (χ2n) is 6.23. The molecule has 1 aromatic heterocycles. The van der Waals surface area contributed by atoms with Gasteiger partial charge in [-0.05, 0) is 33.6 Å². The van der Waals surface area contributed by atoms with Crippen molar-refractivity contribution in [1.29, 1.82) is 0 Å². The van der Waals surface area contributed by atoms with Crippen molar-refractivity contribution >= 4 is 27.6 Å². The van der Waals surface area contributed by atoms with Gasteiger partial charge in [-0.1, -0.05) is 30.6 Å². The first-order valence-electron chi connectivity index (χ1n) is 7.11. The third kappa shape index (κ3) is 4.10. The maximum absolute atomic E-state index is 11.7. The lowest BCUT2D eigenvalue weighted by atomic mass is 9.87. The Kier molecular flexibility index (Phi) is 4.52. The van der Waals surface area contributed by atoms with Gasteiger partial charge in [-0.2, -0.15) is 0 Å². The minimum Gasteiger partial charge on any atom is -0.444 e. The summed E-state index contributed by atoms with van der Waals surface area (Å²) in [5, 5.41) is 3.90. The van der Waals surface area contributed by atoms with Crippen LogP contribution in [0.2, 0.25) is 0 Å². The van der Waals surface area contributed by atoms with Crippen LogP contribution >= 0.6 is 11.3 Å². The number of aromatic nitrogens is 1. The van der Waals surface area contributed by atoms with Gasteiger partial charge in [0.1, 0.15) is 10.6 Å². The van der Waals surface area contributed by atoms with Gasteiger partial charge in [0.2, 0.25) is 0 Å². The maximum Gasteiger partial charge on any atom is 0.413 e. The van der Waals surface area contributed by atoms with Gasteiger partial charge >= 0.3 is 6.09 Å². The van der Waals surface area contributed by atoms with E-state index in [1.54, 1.807) is 0 Å². The first kappa shape index (κ1) is 15.1. The standard InChI is InChI=1S/C14H23N3O2S/c1-14(2,3)19-13(18)17-12-16-10(11(15)20-12)9-7-5-4-6-8-9/h9H,4-8,15H2,1-3H3,(H,16,17,18). The minimum absolute atomic E-state index is 0.439. The summed E-state index contributed by atoms with van der Waals surface area (Å²) in [4.78, 5) is 16.2. The van der Waals surface area contributed by atoms with Crippen molar-refractivity contribution in [1.82, 2.24) is 4.98 Å². The third-order valence-corrected chi connectivity index (χ3v) is 4.10. The number of anilines is 2. The van der Waals surface area contributed by atoms with Crippen molar-refractivity contribution in [3.05, 3.63) is 5.69 Å². The zero-order valence-corrected chi connectivity index (χ0v) is 13.2. The molecule has 1 aliphatic rings. The minimum atomic E-state index is -0.515. The quantitative estimate of drug-likeness (QED) is 0.860. The number of ether oxygens (including phenoxy) is 1. The summed E-state index contributed by atoms with van der Waals surface area (Å²) >= 11 is 1.32. The van der Waals surface area contributed by atoms with E-state index in [-0.39, 0.29) is 0 Å². The summed E-state index contributed by atoms with van der Waals surface area (Å²) in [6.07, 6.45) is 5.55. The molecule has 1 amide bonds. The molecule has 0 radical (unpaired) electrons. The molecule has 0 unspecified atom stereocenters. The van der Waals surface area contributed by atoms with Gasteiger partial charge in [-0.15, -0.1) is 0 Å². The average Bonchev–Trinajstić information content (AvgIpc) is 2.68. The average molecular weight is 297 g/mol. The zero-order valence-electron chi connectivity index (χ0n) is 12.4. The number of nitrogens with zero attached hydrogens (tertiary/aromatic N) is 1. The van der Waals surface area contributed by atoms with E-state index >= 15 is 0 Å². The van der Waals surface area contributed by atoms with Gasteiger partial charge in [0, 0.05) is 5.92 Å². The number of hydrogen-bond donors (Lipinski definition) is 2. The molecule has 1 heterocycles. The van der Waals surface area contributed by atoms with Crippen LogP contribution in [0.25, 0.3) is 0 Å². The fraction of sp³-hybridized carbons (Fsp3) is 0.714. The zero-order chi connectivity index (χ0) is 14.8. The highest BCUT2D eigenvalue weighted by molar-refractivity contribution is 7.19. The molecule has 20 heavy (non-hydrogen) atoms. The Morgan fingerprint density at radius 1 is 1.35 bits per heavy atom. The Labute approximate surface area is 123 Å². The highest BCUT2D eigenvalue weighted by Gasteiger charge is 2.23. The largest absolute Gasteiger partial charge is 0.444 e. The van der Waals surface area contributed by atoms with Gasteiger partial charge < -0.3 is 10.5 Å². The molecular weight excluding hydrogens is 274 g/mol. The molecule has 3 N–H and O–H groups in total. The van der Waals surface area contributed by atoms with Crippen molar-refractivity contribution in [3.63, 3.8) is 0 Å². The normalized spacial score (nSPS) is 16.9. The molecule has 0 spiro atoms. The maximum atomic E-state index is 11.7. The van der Waals surface area contributed by atoms with Crippen molar-refractivity contribution in [3.8, 4) is 0 Å². The van der Waals surface area contributed by atoms with Crippen LogP contribution in [0.1, 0.15) is 64.5 Å². The van der Waals surface area contributed by atoms with E-state index in [2.05, 4.69) is 10.3 Å². The van der Waals surface area contributed by atoms with Crippen LogP contribution < -0.4 is 11.1 Å². The predicted molar refractivity (Wildman–Crippen MR) is 82.2 cm³/mol. The topological polar surface area (TPSA) is 77.2 Å². The highest BCUT2D eigenvalue weighted by Crippen LogP contribution is 2.38. The summed E-state index contributed by atoms with van der Waals surface area (Å²) in [5.74, 6) is 0.439. The molecule has 1 saturated carbocycles. The molecule has 1 aromatic rings. The number of hydrogen-bond acceptors (Lipinski definition) is 5. The summed E-state index contributed by atoms with van der Waals surface area (Å²) in [5.41, 5.74) is 6.47. The smallest absolute Gasteiger partial charge is 0.413 e. The third-order valence-electron chi connectivity index (χ3n) is 3.28. The molecule has 0 saturated heterocycles. The van der Waals surface area contributed by atoms with Crippen LogP contribution in [0.4, 0.5) is 14.9 Å². The molecule has 1 aliphatic carbocycles. The summed E-state index contributed by atoms with van der Waals surface area (Å²) in [6.45, 7) is 5.49. The summed E-state index contributed by atoms with van der Waals surface area (Å²) < 4.78 is 5.21. The van der Waals surface area contributed by atoms with Gasteiger partial charge in [0.05, 0.1) is 5.69 Å². The first-order valence-corrected chi connectivity index (χ1v) is 7.93. The number of nitrogens with one attached hydrogen (secondary N) is 1. The van der Waals surface area contributed by atoms with Gasteiger partial charge in [0.15, 0.2) is 5.13 Å². The molecule has 0 aliphatic heterocycles. The van der Waals surface area contributed by atoms with Gasteiger partial charge in [0.25, 0.3) is 0 Å². The Balaban J connectivity index is 2.01. The van der Waals surface area contributed by atoms with Crippen molar-refractivity contribution < 1.29 is 9.53 Å². The van der Waals surface area contributed by atoms with E-state index in [0.29, 0.717) is 16.1 Å².